The van der Waals surface area contributed by atoms with Crippen molar-refractivity contribution in [2.24, 2.45) is 0 Å². The van der Waals surface area contributed by atoms with Crippen LogP contribution in [0.1, 0.15) is 0 Å². The average Bonchev–Trinajstić information content (AvgIpc) is 4.06. The van der Waals surface area contributed by atoms with E-state index in [1.165, 1.54) is 47.5 Å². The molecule has 0 fully saturated rings. The fraction of sp³-hybridized carbons (Fsp3) is 0. The molecule has 59 heavy (non-hydrogen) atoms. The highest BCUT2D eigenvalue weighted by Crippen LogP contribution is 2.52. The molecule has 0 aliphatic carbocycles. The predicted octanol–water partition coefficient (Wildman–Crippen LogP) is 16.1. The third-order valence-corrected chi connectivity index (χ3v) is 13.2. The molecule has 0 N–H and O–H groups in total. The molecule has 4 nitrogen and oxygen atoms in total. The van der Waals surface area contributed by atoms with Gasteiger partial charge in [0.15, 0.2) is 11.2 Å². The molecule has 13 aromatic rings. The first-order valence-corrected chi connectivity index (χ1v) is 20.7. The van der Waals surface area contributed by atoms with Gasteiger partial charge in [0.05, 0.1) is 28.1 Å². The number of benzene rings is 9. The maximum atomic E-state index is 6.79. The molecule has 4 heterocycles. The van der Waals surface area contributed by atoms with Crippen molar-refractivity contribution >= 4 is 114 Å². The van der Waals surface area contributed by atoms with Crippen molar-refractivity contribution in [1.29, 1.82) is 0 Å². The van der Waals surface area contributed by atoms with Crippen molar-refractivity contribution < 1.29 is 8.83 Å². The third kappa shape index (κ3) is 4.71. The number of rotatable bonds is 5. The summed E-state index contributed by atoms with van der Waals surface area (Å²) in [6.07, 6.45) is 0. The van der Waals surface area contributed by atoms with Crippen LogP contribution in [-0.4, -0.2) is 4.57 Å². The van der Waals surface area contributed by atoms with Crippen LogP contribution in [0.15, 0.2) is 203 Å². The maximum absolute atomic E-state index is 6.79. The number of fused-ring (bicyclic) bond motifs is 12. The zero-order valence-corrected chi connectivity index (χ0v) is 32.4. The minimum Gasteiger partial charge on any atom is -0.454 e. The van der Waals surface area contributed by atoms with E-state index in [0.29, 0.717) is 0 Å². The lowest BCUT2D eigenvalue weighted by molar-refractivity contribution is 0.666. The Labute approximate surface area is 342 Å². The summed E-state index contributed by atoms with van der Waals surface area (Å²) in [6, 6.07) is 69.4. The van der Waals surface area contributed by atoms with Crippen molar-refractivity contribution in [3.8, 4) is 16.8 Å². The van der Waals surface area contributed by atoms with Gasteiger partial charge in [-0.05, 0) is 71.8 Å². The Balaban J connectivity index is 1.10. The van der Waals surface area contributed by atoms with Crippen LogP contribution in [0.4, 0.5) is 17.1 Å². The van der Waals surface area contributed by atoms with Gasteiger partial charge in [-0.3, -0.25) is 0 Å². The number of furan rings is 2. The SMILES string of the molecule is c1cc(-c2ccc(N(c3cccc4c3oc3ccccc34)c3cccc4c3oc3ccccc34)c3c2sc2ccccc23)cc(-n2c3ccccc3c3ccccc32)c1. The van der Waals surface area contributed by atoms with Gasteiger partial charge in [0, 0.05) is 58.2 Å². The molecule has 13 rings (SSSR count). The summed E-state index contributed by atoms with van der Waals surface area (Å²) < 4.78 is 18.4. The van der Waals surface area contributed by atoms with E-state index in [0.717, 1.165) is 72.2 Å². The lowest BCUT2D eigenvalue weighted by atomic mass is 9.99. The first kappa shape index (κ1) is 32.5. The fourth-order valence-electron chi connectivity index (χ4n) is 9.44. The lowest BCUT2D eigenvalue weighted by Crippen LogP contribution is -2.11. The number of thiophene rings is 1. The second-order valence-corrected chi connectivity index (χ2v) is 16.2. The summed E-state index contributed by atoms with van der Waals surface area (Å²) >= 11 is 1.85. The Morgan fingerprint density at radius 3 is 1.58 bits per heavy atom. The van der Waals surface area contributed by atoms with Gasteiger partial charge in [0.2, 0.25) is 0 Å². The van der Waals surface area contributed by atoms with Gasteiger partial charge < -0.3 is 18.3 Å². The zero-order chi connectivity index (χ0) is 38.6. The molecule has 0 bridgehead atoms. The van der Waals surface area contributed by atoms with Crippen molar-refractivity contribution in [2.45, 2.75) is 0 Å². The van der Waals surface area contributed by atoms with Gasteiger partial charge >= 0.3 is 0 Å². The second-order valence-electron chi connectivity index (χ2n) is 15.2. The molecular weight excluding hydrogens is 741 g/mol. The molecule has 0 aliphatic heterocycles. The van der Waals surface area contributed by atoms with Crippen LogP contribution in [-0.2, 0) is 0 Å². The van der Waals surface area contributed by atoms with Crippen molar-refractivity contribution in [3.63, 3.8) is 0 Å². The van der Waals surface area contributed by atoms with Crippen LogP contribution in [0.25, 0.3) is 103 Å². The van der Waals surface area contributed by atoms with Crippen molar-refractivity contribution in [1.82, 2.24) is 4.57 Å². The fourth-order valence-corrected chi connectivity index (χ4v) is 10.7. The quantitative estimate of drug-likeness (QED) is 0.175. The van der Waals surface area contributed by atoms with E-state index >= 15 is 0 Å². The predicted molar refractivity (Wildman–Crippen MR) is 248 cm³/mol. The summed E-state index contributed by atoms with van der Waals surface area (Å²) in [7, 11) is 0. The Kier molecular flexibility index (Phi) is 6.85. The highest BCUT2D eigenvalue weighted by molar-refractivity contribution is 7.26. The molecule has 276 valence electrons. The summed E-state index contributed by atoms with van der Waals surface area (Å²) in [5, 5.41) is 9.24. The third-order valence-electron chi connectivity index (χ3n) is 12.0. The van der Waals surface area contributed by atoms with Crippen LogP contribution in [0, 0.1) is 0 Å². The van der Waals surface area contributed by atoms with E-state index in [4.69, 9.17) is 8.83 Å². The Hall–Kier alpha value is -7.60. The standard InChI is InChI=1S/C54H32N2O2S/c1-6-23-43-36(16-1)37-17-2-7-24-44(37)55(43)34-15-11-14-33(32-34)35-30-31-45(51-42-20-5-10-29-50(42)59-54(35)51)56(46-25-12-21-40-38-18-3-8-27-48(38)57-52(40)46)47-26-13-22-41-39-19-4-9-28-49(39)58-53(41)47/h1-32H. The number of para-hydroxylation sites is 6. The minimum absolute atomic E-state index is 0.831. The second kappa shape index (κ2) is 12.4. The molecule has 0 spiro atoms. The van der Waals surface area contributed by atoms with Crippen LogP contribution >= 0.6 is 11.3 Å². The molecule has 0 atom stereocenters. The molecule has 0 radical (unpaired) electrons. The number of nitrogens with zero attached hydrogens (tertiary/aromatic N) is 2. The molecule has 0 aliphatic rings. The minimum atomic E-state index is 0.831. The Bertz CT molecular complexity index is 3660. The van der Waals surface area contributed by atoms with Gasteiger partial charge in [-0.2, -0.15) is 0 Å². The van der Waals surface area contributed by atoms with E-state index in [1.54, 1.807) is 0 Å². The summed E-state index contributed by atoms with van der Waals surface area (Å²) in [4.78, 5) is 2.37. The number of hydrogen-bond donors (Lipinski definition) is 0. The molecule has 4 aromatic heterocycles. The van der Waals surface area contributed by atoms with Crippen LogP contribution < -0.4 is 4.90 Å². The Morgan fingerprint density at radius 1 is 0.407 bits per heavy atom. The smallest absolute Gasteiger partial charge is 0.159 e. The van der Waals surface area contributed by atoms with Gasteiger partial charge in [-0.1, -0.05) is 133 Å². The van der Waals surface area contributed by atoms with Gasteiger partial charge in [-0.15, -0.1) is 11.3 Å². The lowest BCUT2D eigenvalue weighted by Gasteiger charge is -2.27. The van der Waals surface area contributed by atoms with E-state index in [-0.39, 0.29) is 0 Å². The van der Waals surface area contributed by atoms with E-state index < -0.39 is 0 Å². The topological polar surface area (TPSA) is 34.5 Å². The van der Waals surface area contributed by atoms with Gasteiger partial charge in [0.1, 0.15) is 11.2 Å². The van der Waals surface area contributed by atoms with Crippen LogP contribution in [0.3, 0.4) is 0 Å². The largest absolute Gasteiger partial charge is 0.454 e. The number of anilines is 3. The summed E-state index contributed by atoms with van der Waals surface area (Å²) in [5.74, 6) is 0. The maximum Gasteiger partial charge on any atom is 0.159 e. The highest BCUT2D eigenvalue weighted by atomic mass is 32.1. The van der Waals surface area contributed by atoms with Crippen LogP contribution in [0.5, 0.6) is 0 Å². The number of hydrogen-bond acceptors (Lipinski definition) is 4. The van der Waals surface area contributed by atoms with E-state index in [9.17, 15) is 0 Å². The molecule has 0 saturated carbocycles. The molecule has 0 unspecified atom stereocenters. The van der Waals surface area contributed by atoms with Gasteiger partial charge in [0.25, 0.3) is 0 Å². The van der Waals surface area contributed by atoms with Crippen LogP contribution in [0.2, 0.25) is 0 Å². The molecule has 9 aromatic carbocycles. The summed E-state index contributed by atoms with van der Waals surface area (Å²) in [5.41, 5.74) is 12.2. The Morgan fingerprint density at radius 2 is 0.932 bits per heavy atom. The summed E-state index contributed by atoms with van der Waals surface area (Å²) in [6.45, 7) is 0. The highest BCUT2D eigenvalue weighted by Gasteiger charge is 2.27. The molecule has 0 saturated heterocycles. The normalized spacial score (nSPS) is 12.1. The van der Waals surface area contributed by atoms with E-state index in [1.807, 2.05) is 23.5 Å². The van der Waals surface area contributed by atoms with E-state index in [2.05, 4.69) is 191 Å². The first-order valence-electron chi connectivity index (χ1n) is 19.9. The zero-order valence-electron chi connectivity index (χ0n) is 31.6. The number of aromatic nitrogens is 1. The molecule has 5 heteroatoms. The van der Waals surface area contributed by atoms with Crippen molar-refractivity contribution in [3.05, 3.63) is 194 Å². The first-order chi connectivity index (χ1) is 29.3. The molecular formula is C54H32N2O2S. The van der Waals surface area contributed by atoms with Gasteiger partial charge in [-0.25, -0.2) is 0 Å². The molecule has 0 amide bonds. The van der Waals surface area contributed by atoms with Crippen molar-refractivity contribution in [2.75, 3.05) is 4.90 Å². The average molecular weight is 773 g/mol. The monoisotopic (exact) mass is 772 g/mol.